The lowest BCUT2D eigenvalue weighted by atomic mass is 9.88. The van der Waals surface area contributed by atoms with Crippen LogP contribution in [-0.4, -0.2) is 23.7 Å². The monoisotopic (exact) mass is 185 g/mol. The van der Waals surface area contributed by atoms with E-state index in [1.54, 1.807) is 0 Å². The molecule has 76 valence electrons. The van der Waals surface area contributed by atoms with Crippen molar-refractivity contribution in [2.75, 3.05) is 6.54 Å². The van der Waals surface area contributed by atoms with Gasteiger partial charge in [0.1, 0.15) is 0 Å². The first-order valence-corrected chi connectivity index (χ1v) is 5.22. The normalized spacial score (nSPS) is 28.7. The highest BCUT2D eigenvalue weighted by atomic mass is 16.4. The highest BCUT2D eigenvalue weighted by Crippen LogP contribution is 2.20. The van der Waals surface area contributed by atoms with E-state index in [1.165, 1.54) is 0 Å². The van der Waals surface area contributed by atoms with Crippen molar-refractivity contribution in [3.63, 3.8) is 0 Å². The van der Waals surface area contributed by atoms with E-state index >= 15 is 0 Å². The van der Waals surface area contributed by atoms with Gasteiger partial charge in [-0.1, -0.05) is 19.8 Å². The summed E-state index contributed by atoms with van der Waals surface area (Å²) < 4.78 is 0. The van der Waals surface area contributed by atoms with Gasteiger partial charge in [-0.15, -0.1) is 0 Å². The maximum Gasteiger partial charge on any atom is 0.308 e. The molecule has 0 spiro atoms. The van der Waals surface area contributed by atoms with Crippen LogP contribution in [0.15, 0.2) is 0 Å². The Morgan fingerprint density at radius 3 is 3.00 bits per heavy atom. The Morgan fingerprint density at radius 1 is 1.62 bits per heavy atom. The Morgan fingerprint density at radius 2 is 2.38 bits per heavy atom. The van der Waals surface area contributed by atoms with E-state index in [-0.39, 0.29) is 12.0 Å². The molecule has 0 amide bonds. The molecule has 1 rings (SSSR count). The molecule has 1 heterocycles. The number of carboxylic acids is 1. The summed E-state index contributed by atoms with van der Waals surface area (Å²) >= 11 is 0. The van der Waals surface area contributed by atoms with Crippen molar-refractivity contribution in [1.82, 2.24) is 5.32 Å². The largest absolute Gasteiger partial charge is 0.481 e. The SMILES string of the molecule is CCCCC1NCCCC1C(=O)O. The lowest BCUT2D eigenvalue weighted by molar-refractivity contribution is -0.143. The molecule has 1 aliphatic heterocycles. The average Bonchev–Trinajstić information content (AvgIpc) is 2.15. The topological polar surface area (TPSA) is 49.3 Å². The molecule has 0 bridgehead atoms. The number of rotatable bonds is 4. The Kier molecular flexibility index (Phi) is 4.22. The second kappa shape index (κ2) is 5.22. The van der Waals surface area contributed by atoms with Gasteiger partial charge in [0.25, 0.3) is 0 Å². The van der Waals surface area contributed by atoms with Crippen molar-refractivity contribution in [2.24, 2.45) is 5.92 Å². The molecule has 2 atom stereocenters. The summed E-state index contributed by atoms with van der Waals surface area (Å²) in [5.74, 6) is -0.784. The van der Waals surface area contributed by atoms with Gasteiger partial charge in [-0.05, 0) is 25.8 Å². The summed E-state index contributed by atoms with van der Waals surface area (Å²) in [5.41, 5.74) is 0. The number of aliphatic carboxylic acids is 1. The molecule has 2 unspecified atom stereocenters. The molecule has 1 fully saturated rings. The van der Waals surface area contributed by atoms with Crippen LogP contribution in [0.5, 0.6) is 0 Å². The van der Waals surface area contributed by atoms with Crippen LogP contribution >= 0.6 is 0 Å². The third kappa shape index (κ3) is 2.99. The molecule has 1 aliphatic rings. The lowest BCUT2D eigenvalue weighted by Crippen LogP contribution is -2.44. The quantitative estimate of drug-likeness (QED) is 0.700. The Hall–Kier alpha value is -0.570. The fourth-order valence-electron chi connectivity index (χ4n) is 1.98. The fourth-order valence-corrected chi connectivity index (χ4v) is 1.98. The van der Waals surface area contributed by atoms with E-state index in [1.807, 2.05) is 0 Å². The number of carbonyl (C=O) groups is 1. The van der Waals surface area contributed by atoms with Crippen molar-refractivity contribution in [2.45, 2.75) is 45.1 Å². The summed E-state index contributed by atoms with van der Waals surface area (Å²) in [6.07, 6.45) is 5.12. The predicted molar refractivity (Wildman–Crippen MR) is 51.7 cm³/mol. The van der Waals surface area contributed by atoms with Gasteiger partial charge in [0.05, 0.1) is 5.92 Å². The van der Waals surface area contributed by atoms with Crippen LogP contribution in [0, 0.1) is 5.92 Å². The minimum absolute atomic E-state index is 0.153. The second-order valence-corrected chi connectivity index (χ2v) is 3.79. The van der Waals surface area contributed by atoms with E-state index in [4.69, 9.17) is 5.11 Å². The van der Waals surface area contributed by atoms with Crippen molar-refractivity contribution >= 4 is 5.97 Å². The van der Waals surface area contributed by atoms with Crippen LogP contribution in [-0.2, 0) is 4.79 Å². The molecule has 1 saturated heterocycles. The first kappa shape index (κ1) is 10.5. The van der Waals surface area contributed by atoms with Gasteiger partial charge in [-0.25, -0.2) is 0 Å². The van der Waals surface area contributed by atoms with E-state index in [2.05, 4.69) is 12.2 Å². The highest BCUT2D eigenvalue weighted by molar-refractivity contribution is 5.71. The summed E-state index contributed by atoms with van der Waals surface area (Å²) in [5, 5.41) is 12.3. The zero-order valence-electron chi connectivity index (χ0n) is 8.25. The van der Waals surface area contributed by atoms with Crippen LogP contribution < -0.4 is 5.32 Å². The van der Waals surface area contributed by atoms with Crippen molar-refractivity contribution in [3.8, 4) is 0 Å². The van der Waals surface area contributed by atoms with Gasteiger partial charge in [0.2, 0.25) is 0 Å². The Labute approximate surface area is 79.5 Å². The molecule has 3 heteroatoms. The first-order chi connectivity index (χ1) is 6.25. The standard InChI is InChI=1S/C10H19NO2/c1-2-3-6-9-8(10(12)13)5-4-7-11-9/h8-9,11H,2-7H2,1H3,(H,12,13). The van der Waals surface area contributed by atoms with Gasteiger partial charge in [-0.2, -0.15) is 0 Å². The molecular weight excluding hydrogens is 166 g/mol. The van der Waals surface area contributed by atoms with Gasteiger partial charge < -0.3 is 10.4 Å². The number of unbranched alkanes of at least 4 members (excludes halogenated alkanes) is 1. The van der Waals surface area contributed by atoms with Crippen LogP contribution in [0.3, 0.4) is 0 Å². The van der Waals surface area contributed by atoms with Gasteiger partial charge in [-0.3, -0.25) is 4.79 Å². The third-order valence-electron chi connectivity index (χ3n) is 2.77. The molecule has 0 aliphatic carbocycles. The molecule has 0 radical (unpaired) electrons. The number of hydrogen-bond donors (Lipinski definition) is 2. The van der Waals surface area contributed by atoms with Crippen LogP contribution in [0.2, 0.25) is 0 Å². The van der Waals surface area contributed by atoms with E-state index < -0.39 is 5.97 Å². The molecule has 0 saturated carbocycles. The molecular formula is C10H19NO2. The zero-order chi connectivity index (χ0) is 9.68. The lowest BCUT2D eigenvalue weighted by Gasteiger charge is -2.29. The first-order valence-electron chi connectivity index (χ1n) is 5.22. The number of piperidine rings is 1. The summed E-state index contributed by atoms with van der Waals surface area (Å²) in [7, 11) is 0. The minimum Gasteiger partial charge on any atom is -0.481 e. The van der Waals surface area contributed by atoms with Crippen LogP contribution in [0.1, 0.15) is 39.0 Å². The number of nitrogens with one attached hydrogen (secondary N) is 1. The van der Waals surface area contributed by atoms with Crippen molar-refractivity contribution in [1.29, 1.82) is 0 Å². The summed E-state index contributed by atoms with van der Waals surface area (Å²) in [6, 6.07) is 0.214. The molecule has 2 N–H and O–H groups in total. The molecule has 3 nitrogen and oxygen atoms in total. The van der Waals surface area contributed by atoms with Gasteiger partial charge in [0, 0.05) is 6.04 Å². The number of hydrogen-bond acceptors (Lipinski definition) is 2. The van der Waals surface area contributed by atoms with Crippen LogP contribution in [0.25, 0.3) is 0 Å². The molecule has 0 aromatic carbocycles. The highest BCUT2D eigenvalue weighted by Gasteiger charge is 2.29. The predicted octanol–water partition coefficient (Wildman–Crippen LogP) is 1.63. The van der Waals surface area contributed by atoms with E-state index in [9.17, 15) is 4.79 Å². The van der Waals surface area contributed by atoms with E-state index in [0.29, 0.717) is 0 Å². The Bertz CT molecular complexity index is 170. The maximum absolute atomic E-state index is 10.9. The summed E-state index contributed by atoms with van der Waals surface area (Å²) in [4.78, 5) is 10.9. The zero-order valence-corrected chi connectivity index (χ0v) is 8.25. The maximum atomic E-state index is 10.9. The molecule has 0 aromatic rings. The summed E-state index contributed by atoms with van der Waals surface area (Å²) in [6.45, 7) is 3.12. The van der Waals surface area contributed by atoms with Gasteiger partial charge >= 0.3 is 5.97 Å². The number of carboxylic acid groups (broad SMARTS) is 1. The van der Waals surface area contributed by atoms with Gasteiger partial charge in [0.15, 0.2) is 0 Å². The second-order valence-electron chi connectivity index (χ2n) is 3.79. The van der Waals surface area contributed by atoms with Crippen molar-refractivity contribution in [3.05, 3.63) is 0 Å². The molecule has 0 aromatic heterocycles. The third-order valence-corrected chi connectivity index (χ3v) is 2.77. The van der Waals surface area contributed by atoms with Crippen LogP contribution in [0.4, 0.5) is 0 Å². The van der Waals surface area contributed by atoms with E-state index in [0.717, 1.165) is 38.6 Å². The average molecular weight is 185 g/mol. The minimum atomic E-state index is -0.631. The smallest absolute Gasteiger partial charge is 0.308 e. The van der Waals surface area contributed by atoms with Crippen molar-refractivity contribution < 1.29 is 9.90 Å². The fraction of sp³-hybridized carbons (Fsp3) is 0.900. The Balaban J connectivity index is 2.41. The molecule has 13 heavy (non-hydrogen) atoms.